The van der Waals surface area contributed by atoms with Crippen molar-refractivity contribution >= 4 is 18.2 Å². The number of carbonyl (C=O) groups excluding carboxylic acids is 1. The highest BCUT2D eigenvalue weighted by Crippen LogP contribution is 2.47. The minimum Gasteiger partial charge on any atom is -0.437 e. The number of hydrogen-bond donors (Lipinski definition) is 1. The Bertz CT molecular complexity index is 983. The SMILES string of the molecule is COCCO[N@@+]12C=Nc3cc(C)c(C)nc3C1N[C@H](c1ccccc1)[C@H]2OC(=O)OC. The number of aryl methyl sites for hydroxylation is 2. The van der Waals surface area contributed by atoms with Crippen LogP contribution < -0.4 is 5.32 Å². The van der Waals surface area contributed by atoms with Crippen LogP contribution in [0.2, 0.25) is 0 Å². The number of pyridine rings is 1. The van der Waals surface area contributed by atoms with Crippen molar-refractivity contribution in [2.45, 2.75) is 32.3 Å². The lowest BCUT2D eigenvalue weighted by Gasteiger charge is -2.37. The van der Waals surface area contributed by atoms with E-state index >= 15 is 0 Å². The first-order chi connectivity index (χ1) is 15.0. The van der Waals surface area contributed by atoms with Crippen molar-refractivity contribution in [3.63, 3.8) is 0 Å². The van der Waals surface area contributed by atoms with E-state index in [9.17, 15) is 4.79 Å². The number of ether oxygens (including phenoxy) is 3. The molecule has 9 nitrogen and oxygen atoms in total. The van der Waals surface area contributed by atoms with Gasteiger partial charge in [-0.1, -0.05) is 35.0 Å². The molecule has 4 atom stereocenters. The van der Waals surface area contributed by atoms with E-state index in [0.29, 0.717) is 6.61 Å². The predicted molar refractivity (Wildman–Crippen MR) is 112 cm³/mol. The number of nitrogens with zero attached hydrogens (tertiary/aromatic N) is 3. The number of hydrogen-bond acceptors (Lipinski definition) is 8. The molecule has 1 aromatic heterocycles. The van der Waals surface area contributed by atoms with E-state index in [1.165, 1.54) is 7.11 Å². The van der Waals surface area contributed by atoms with Gasteiger partial charge < -0.3 is 14.2 Å². The van der Waals surface area contributed by atoms with Gasteiger partial charge in [0.25, 0.3) is 6.23 Å². The topological polar surface area (TPSA) is 91.3 Å². The third-order valence-electron chi connectivity index (χ3n) is 5.68. The summed E-state index contributed by atoms with van der Waals surface area (Å²) >= 11 is 0. The molecule has 0 spiro atoms. The fourth-order valence-corrected chi connectivity index (χ4v) is 4.00. The lowest BCUT2D eigenvalue weighted by Crippen LogP contribution is -2.56. The first-order valence-corrected chi connectivity index (χ1v) is 10.1. The highest BCUT2D eigenvalue weighted by atomic mass is 16.8. The van der Waals surface area contributed by atoms with E-state index < -0.39 is 18.5 Å². The Hall–Kier alpha value is -2.85. The van der Waals surface area contributed by atoms with E-state index in [-0.39, 0.29) is 17.3 Å². The molecule has 1 unspecified atom stereocenters. The maximum atomic E-state index is 12.2. The van der Waals surface area contributed by atoms with Crippen LogP contribution in [0.3, 0.4) is 0 Å². The van der Waals surface area contributed by atoms with Crippen molar-refractivity contribution in [1.82, 2.24) is 10.3 Å². The van der Waals surface area contributed by atoms with Gasteiger partial charge in [0.2, 0.25) is 12.5 Å². The third-order valence-corrected chi connectivity index (χ3v) is 5.68. The molecule has 0 radical (unpaired) electrons. The van der Waals surface area contributed by atoms with Gasteiger partial charge in [0.1, 0.15) is 18.3 Å². The molecule has 0 amide bonds. The molecule has 9 heteroatoms. The van der Waals surface area contributed by atoms with Crippen LogP contribution in [0.15, 0.2) is 41.4 Å². The molecule has 4 rings (SSSR count). The highest BCUT2D eigenvalue weighted by Gasteiger charge is 2.63. The lowest BCUT2D eigenvalue weighted by molar-refractivity contribution is -1.08. The average Bonchev–Trinajstić information content (AvgIpc) is 3.10. The Balaban J connectivity index is 1.84. The fraction of sp³-hybridized carbons (Fsp3) is 0.409. The fourth-order valence-electron chi connectivity index (χ4n) is 4.00. The maximum Gasteiger partial charge on any atom is 0.512 e. The van der Waals surface area contributed by atoms with Crippen LogP contribution in [0.25, 0.3) is 0 Å². The van der Waals surface area contributed by atoms with E-state index in [1.807, 2.05) is 50.2 Å². The summed E-state index contributed by atoms with van der Waals surface area (Å²) < 4.78 is 15.6. The van der Waals surface area contributed by atoms with Gasteiger partial charge in [-0.05, 0) is 31.0 Å². The van der Waals surface area contributed by atoms with Crippen LogP contribution in [0.4, 0.5) is 10.5 Å². The van der Waals surface area contributed by atoms with Crippen molar-refractivity contribution in [3.05, 3.63) is 58.9 Å². The van der Waals surface area contributed by atoms with E-state index in [0.717, 1.165) is 28.2 Å². The summed E-state index contributed by atoms with van der Waals surface area (Å²) in [6.07, 6.45) is -0.364. The first-order valence-electron chi connectivity index (χ1n) is 10.1. The van der Waals surface area contributed by atoms with Gasteiger partial charge in [-0.15, -0.1) is 0 Å². The van der Waals surface area contributed by atoms with Gasteiger partial charge in [0.05, 0.1) is 19.4 Å². The molecule has 1 N–H and O–H groups in total. The molecule has 31 heavy (non-hydrogen) atoms. The molecular weight excluding hydrogens is 400 g/mol. The largest absolute Gasteiger partial charge is 0.512 e. The number of hydroxylamine groups is 3. The monoisotopic (exact) mass is 427 g/mol. The Morgan fingerprint density at radius 1 is 1.16 bits per heavy atom. The number of benzene rings is 1. The van der Waals surface area contributed by atoms with Gasteiger partial charge in [0, 0.05) is 12.8 Å². The molecule has 1 saturated heterocycles. The summed E-state index contributed by atoms with van der Waals surface area (Å²) in [5.74, 6) is 0. The van der Waals surface area contributed by atoms with Crippen LogP contribution in [0.5, 0.6) is 0 Å². The van der Waals surface area contributed by atoms with Crippen molar-refractivity contribution in [2.24, 2.45) is 4.99 Å². The number of quaternary nitrogens is 1. The molecule has 3 heterocycles. The molecule has 2 aromatic rings. The predicted octanol–water partition coefficient (Wildman–Crippen LogP) is 3.22. The normalized spacial score (nSPS) is 26.3. The Morgan fingerprint density at radius 3 is 2.65 bits per heavy atom. The molecule has 0 bridgehead atoms. The average molecular weight is 427 g/mol. The van der Waals surface area contributed by atoms with Crippen LogP contribution >= 0.6 is 0 Å². The van der Waals surface area contributed by atoms with E-state index in [4.69, 9.17) is 24.0 Å². The minimum absolute atomic E-state index is 0.208. The second kappa shape index (κ2) is 8.72. The molecule has 0 aliphatic carbocycles. The molecular formula is C22H27N4O5+. The molecule has 164 valence electrons. The smallest absolute Gasteiger partial charge is 0.437 e. The number of aromatic nitrogens is 1. The number of nitrogens with one attached hydrogen (secondary N) is 1. The van der Waals surface area contributed by atoms with E-state index in [1.54, 1.807) is 13.4 Å². The summed E-state index contributed by atoms with van der Waals surface area (Å²) in [5, 5.41) is 3.58. The third kappa shape index (κ3) is 3.81. The van der Waals surface area contributed by atoms with Crippen LogP contribution in [-0.4, -0.2) is 55.8 Å². The summed E-state index contributed by atoms with van der Waals surface area (Å²) in [6, 6.07) is 11.4. The van der Waals surface area contributed by atoms with Crippen molar-refractivity contribution in [1.29, 1.82) is 0 Å². The molecule has 1 fully saturated rings. The van der Waals surface area contributed by atoms with Gasteiger partial charge in [-0.3, -0.25) is 0 Å². The highest BCUT2D eigenvalue weighted by molar-refractivity contribution is 5.64. The second-order valence-corrected chi connectivity index (χ2v) is 7.55. The Kier molecular flexibility index (Phi) is 6.01. The Morgan fingerprint density at radius 2 is 1.94 bits per heavy atom. The number of rotatable bonds is 6. The van der Waals surface area contributed by atoms with Crippen molar-refractivity contribution in [3.8, 4) is 0 Å². The quantitative estimate of drug-likeness (QED) is 0.430. The van der Waals surface area contributed by atoms with Crippen LogP contribution in [-0.2, 0) is 19.0 Å². The number of aliphatic imine (C=N–C) groups is 1. The van der Waals surface area contributed by atoms with E-state index in [2.05, 4.69) is 10.3 Å². The summed E-state index contributed by atoms with van der Waals surface area (Å²) in [6.45, 7) is 4.60. The first kappa shape index (κ1) is 21.4. The van der Waals surface area contributed by atoms with Crippen LogP contribution in [0, 0.1) is 13.8 Å². The molecule has 0 saturated carbocycles. The van der Waals surface area contributed by atoms with Crippen molar-refractivity contribution < 1.29 is 28.5 Å². The number of carbonyl (C=O) groups is 1. The summed E-state index contributed by atoms with van der Waals surface area (Å²) in [7, 11) is 2.88. The molecule has 2 aliphatic rings. The zero-order valence-corrected chi connectivity index (χ0v) is 18.1. The van der Waals surface area contributed by atoms with Crippen LogP contribution in [0.1, 0.15) is 34.7 Å². The number of fused-ring (bicyclic) bond motifs is 3. The Labute approximate surface area is 181 Å². The zero-order chi connectivity index (χ0) is 22.0. The van der Waals surface area contributed by atoms with Gasteiger partial charge in [0.15, 0.2) is 0 Å². The molecule has 1 aromatic carbocycles. The lowest BCUT2D eigenvalue weighted by atomic mass is 10.1. The van der Waals surface area contributed by atoms with Gasteiger partial charge in [-0.2, -0.15) is 9.83 Å². The number of methoxy groups -OCH3 is 2. The summed E-state index contributed by atoms with van der Waals surface area (Å²) in [5.41, 5.74) is 4.39. The maximum absolute atomic E-state index is 12.2. The van der Waals surface area contributed by atoms with Gasteiger partial charge in [-0.25, -0.2) is 15.1 Å². The zero-order valence-electron chi connectivity index (χ0n) is 18.1. The standard InChI is InChI=1S/C22H27N4O5/c1-14-12-17-19(24-15(14)2)20-25-18(16-8-6-5-7-9-16)21(31-22(27)29-4)26(20,13-23-17)30-11-10-28-3/h5-9,12-13,18,20-21,25H,10-11H2,1-4H3/q+1/t18-,20?,21-,26+/m1/s1. The minimum atomic E-state index is -0.798. The molecule has 2 aliphatic heterocycles. The summed E-state index contributed by atoms with van der Waals surface area (Å²) in [4.78, 5) is 28.0. The second-order valence-electron chi connectivity index (χ2n) is 7.55. The van der Waals surface area contributed by atoms with Crippen molar-refractivity contribution in [2.75, 3.05) is 27.4 Å². The van der Waals surface area contributed by atoms with Gasteiger partial charge >= 0.3 is 6.16 Å².